The van der Waals surface area contributed by atoms with Crippen molar-refractivity contribution in [2.75, 3.05) is 0 Å². The van der Waals surface area contributed by atoms with Gasteiger partial charge in [0, 0.05) is 20.4 Å². The van der Waals surface area contributed by atoms with Crippen molar-refractivity contribution in [1.29, 1.82) is 0 Å². The number of hydrogen-bond acceptors (Lipinski definition) is 1. The average Bonchev–Trinajstić information content (AvgIpc) is 2.05. The molecule has 2 rings (SSSR count). The molecule has 0 aliphatic heterocycles. The van der Waals surface area contributed by atoms with Gasteiger partial charge in [-0.05, 0) is 5.52 Å². The summed E-state index contributed by atoms with van der Waals surface area (Å²) in [5.74, 6) is 0. The van der Waals surface area contributed by atoms with Crippen molar-refractivity contribution < 1.29 is 20.4 Å². The molecule has 0 saturated carbocycles. The van der Waals surface area contributed by atoms with Gasteiger partial charge in [0.2, 0.25) is 0 Å². The molecule has 2 aromatic rings. The van der Waals surface area contributed by atoms with E-state index >= 15 is 0 Å². The normalized spacial score (nSPS) is 9.09. The number of rotatable bonds is 0. The number of para-hydroxylation sites is 1. The van der Waals surface area contributed by atoms with Crippen LogP contribution < -0.4 is 0 Å². The first kappa shape index (κ1) is 8.39. The minimum absolute atomic E-state index is 0. The summed E-state index contributed by atoms with van der Waals surface area (Å²) in [6, 6.07) is 11.8. The first-order valence-electron chi connectivity index (χ1n) is 3.19. The molecular weight excluding hydrogens is 229 g/mol. The van der Waals surface area contributed by atoms with Gasteiger partial charge in [0.25, 0.3) is 0 Å². The fraction of sp³-hybridized carbons (Fsp3) is 0. The first-order chi connectivity index (χ1) is 4.97. The summed E-state index contributed by atoms with van der Waals surface area (Å²) in [4.78, 5) is 4.06. The molecule has 1 aromatic heterocycles. The second kappa shape index (κ2) is 3.62. The second-order valence-electron chi connectivity index (χ2n) is 2.13. The van der Waals surface area contributed by atoms with E-state index in [1.807, 2.05) is 36.4 Å². The van der Waals surface area contributed by atoms with E-state index in [9.17, 15) is 0 Å². The number of pyridine rings is 1. The number of aromatic nitrogens is 1. The van der Waals surface area contributed by atoms with Gasteiger partial charge >= 0.3 is 0 Å². The van der Waals surface area contributed by atoms with Crippen LogP contribution in [0.25, 0.3) is 10.9 Å². The Hall–Kier alpha value is -0.708. The second-order valence-corrected chi connectivity index (χ2v) is 2.13. The van der Waals surface area contributed by atoms with Gasteiger partial charge in [0.05, 0.1) is 0 Å². The minimum atomic E-state index is 0. The third-order valence-electron chi connectivity index (χ3n) is 1.46. The Kier molecular flexibility index (Phi) is 2.76. The summed E-state index contributed by atoms with van der Waals surface area (Å²) in [5, 5.41) is 1.17. The Balaban J connectivity index is 0.000000605. The molecule has 0 saturated heterocycles. The van der Waals surface area contributed by atoms with E-state index in [0.717, 1.165) is 5.52 Å². The largest absolute Gasteiger partial charge is 0.386 e. The third-order valence-corrected chi connectivity index (χ3v) is 1.46. The summed E-state index contributed by atoms with van der Waals surface area (Å²) in [5.41, 5.74) is 1.00. The van der Waals surface area contributed by atoms with E-state index in [0.29, 0.717) is 0 Å². The molecule has 1 aromatic carbocycles. The smallest absolute Gasteiger partial charge is 0 e. The fourth-order valence-corrected chi connectivity index (χ4v) is 0.964. The van der Waals surface area contributed by atoms with E-state index in [-0.39, 0.29) is 20.4 Å². The molecule has 1 heterocycles. The summed E-state index contributed by atoms with van der Waals surface area (Å²) >= 11 is 0. The van der Waals surface area contributed by atoms with Crippen LogP contribution in [-0.2, 0) is 20.4 Å². The van der Waals surface area contributed by atoms with Crippen LogP contribution in [0.1, 0.15) is 0 Å². The molecule has 0 aliphatic rings. The molecule has 11 heavy (non-hydrogen) atoms. The number of benzene rings is 1. The Bertz CT molecular complexity index is 281. The number of nitrogens with zero attached hydrogens (tertiary/aromatic N) is 1. The van der Waals surface area contributed by atoms with Gasteiger partial charge in [-0.3, -0.25) is 0 Å². The Morgan fingerprint density at radius 2 is 1.91 bits per heavy atom. The van der Waals surface area contributed by atoms with E-state index in [1.54, 1.807) is 0 Å². The predicted octanol–water partition coefficient (Wildman–Crippen LogP) is 2.03. The van der Waals surface area contributed by atoms with Gasteiger partial charge in [-0.1, -0.05) is 30.5 Å². The summed E-state index contributed by atoms with van der Waals surface area (Å²) in [6.07, 6.45) is 2.79. The quantitative estimate of drug-likeness (QED) is 0.502. The molecule has 0 amide bonds. The summed E-state index contributed by atoms with van der Waals surface area (Å²) in [7, 11) is 0. The number of fused-ring (bicyclic) bond motifs is 1. The van der Waals surface area contributed by atoms with Crippen molar-refractivity contribution in [2.24, 2.45) is 0 Å². The van der Waals surface area contributed by atoms with Crippen LogP contribution in [-0.4, -0.2) is 4.98 Å². The van der Waals surface area contributed by atoms with Gasteiger partial charge in [-0.15, -0.1) is 5.39 Å². The van der Waals surface area contributed by atoms with Crippen LogP contribution in [0.4, 0.5) is 0 Å². The molecular formula is C9H6NPd-. The van der Waals surface area contributed by atoms with Crippen molar-refractivity contribution >= 4 is 10.9 Å². The summed E-state index contributed by atoms with van der Waals surface area (Å²) in [6.45, 7) is 0. The van der Waals surface area contributed by atoms with Crippen LogP contribution in [0.3, 0.4) is 0 Å². The van der Waals surface area contributed by atoms with Gasteiger partial charge in [0.1, 0.15) is 0 Å². The van der Waals surface area contributed by atoms with Gasteiger partial charge in [0.15, 0.2) is 0 Å². The maximum absolute atomic E-state index is 4.06. The standard InChI is InChI=1S/C9H6N.Pd/c1-2-6-9-8(4-1)5-3-7-10-9;/h1-6H;/q-1;. The zero-order chi connectivity index (χ0) is 6.81. The van der Waals surface area contributed by atoms with E-state index < -0.39 is 0 Å². The molecule has 0 aliphatic carbocycles. The fourth-order valence-electron chi connectivity index (χ4n) is 0.964. The predicted molar refractivity (Wildman–Crippen MR) is 40.6 cm³/mol. The minimum Gasteiger partial charge on any atom is -0.386 e. The Morgan fingerprint density at radius 1 is 1.09 bits per heavy atom. The van der Waals surface area contributed by atoms with Gasteiger partial charge < -0.3 is 4.98 Å². The molecule has 1 nitrogen and oxygen atoms in total. The molecule has 0 N–H and O–H groups in total. The zero-order valence-electron chi connectivity index (χ0n) is 5.73. The van der Waals surface area contributed by atoms with Crippen LogP contribution in [0, 0.1) is 6.20 Å². The van der Waals surface area contributed by atoms with E-state index in [4.69, 9.17) is 0 Å². The Morgan fingerprint density at radius 3 is 2.73 bits per heavy atom. The third kappa shape index (κ3) is 1.65. The maximum atomic E-state index is 4.06. The monoisotopic (exact) mass is 234 g/mol. The van der Waals surface area contributed by atoms with Crippen molar-refractivity contribution in [3.63, 3.8) is 0 Å². The van der Waals surface area contributed by atoms with Crippen LogP contribution >= 0.6 is 0 Å². The molecule has 58 valence electrons. The first-order valence-corrected chi connectivity index (χ1v) is 3.19. The van der Waals surface area contributed by atoms with Crippen molar-refractivity contribution in [3.8, 4) is 0 Å². The van der Waals surface area contributed by atoms with Crippen molar-refractivity contribution in [1.82, 2.24) is 4.98 Å². The SMILES string of the molecule is [Pd].[c-]1ccc2ccccc2n1. The Labute approximate surface area is 79.1 Å². The maximum Gasteiger partial charge on any atom is 0 e. The molecule has 0 fully saturated rings. The molecule has 0 unspecified atom stereocenters. The van der Waals surface area contributed by atoms with E-state index in [2.05, 4.69) is 11.2 Å². The molecule has 0 atom stereocenters. The topological polar surface area (TPSA) is 12.9 Å². The van der Waals surface area contributed by atoms with Gasteiger partial charge in [-0.25, -0.2) is 0 Å². The number of hydrogen-bond donors (Lipinski definition) is 0. The van der Waals surface area contributed by atoms with Crippen molar-refractivity contribution in [2.45, 2.75) is 0 Å². The molecule has 0 bridgehead atoms. The van der Waals surface area contributed by atoms with Crippen LogP contribution in [0.5, 0.6) is 0 Å². The van der Waals surface area contributed by atoms with Crippen LogP contribution in [0.2, 0.25) is 0 Å². The van der Waals surface area contributed by atoms with Crippen LogP contribution in [0.15, 0.2) is 36.4 Å². The summed E-state index contributed by atoms with van der Waals surface area (Å²) < 4.78 is 0. The van der Waals surface area contributed by atoms with Gasteiger partial charge in [-0.2, -0.15) is 12.1 Å². The van der Waals surface area contributed by atoms with Crippen molar-refractivity contribution in [3.05, 3.63) is 42.6 Å². The molecule has 2 heteroatoms. The average molecular weight is 235 g/mol. The molecule has 0 spiro atoms. The van der Waals surface area contributed by atoms with E-state index in [1.165, 1.54) is 5.39 Å². The zero-order valence-corrected chi connectivity index (χ0v) is 7.28. The molecule has 0 radical (unpaired) electrons.